The van der Waals surface area contributed by atoms with E-state index in [2.05, 4.69) is 6.92 Å². The highest BCUT2D eigenvalue weighted by Crippen LogP contribution is 2.16. The largest absolute Gasteiger partial charge is 0.358 e. The van der Waals surface area contributed by atoms with Crippen LogP contribution in [-0.4, -0.2) is 30.7 Å². The van der Waals surface area contributed by atoms with Gasteiger partial charge < -0.3 is 9.64 Å². The number of ether oxygens (including phenoxy) is 1. The van der Waals surface area contributed by atoms with Crippen molar-refractivity contribution in [1.82, 2.24) is 4.90 Å². The van der Waals surface area contributed by atoms with Crippen molar-refractivity contribution >= 4 is 5.91 Å². The minimum absolute atomic E-state index is 0.0347. The molecule has 3 nitrogen and oxygen atoms in total. The van der Waals surface area contributed by atoms with Crippen molar-refractivity contribution in [2.24, 2.45) is 0 Å². The van der Waals surface area contributed by atoms with Crippen LogP contribution >= 0.6 is 0 Å². The molecular weight excluding hydrogens is 202 g/mol. The predicted octanol–water partition coefficient (Wildman–Crippen LogP) is 2.94. The first kappa shape index (κ1) is 13.5. The van der Waals surface area contributed by atoms with Crippen molar-refractivity contribution in [3.05, 3.63) is 0 Å². The van der Waals surface area contributed by atoms with E-state index in [0.717, 1.165) is 25.9 Å². The van der Waals surface area contributed by atoms with Crippen molar-refractivity contribution in [3.8, 4) is 0 Å². The summed E-state index contributed by atoms with van der Waals surface area (Å²) in [5.74, 6) is 0.239. The molecule has 0 N–H and O–H groups in total. The van der Waals surface area contributed by atoms with E-state index in [-0.39, 0.29) is 12.1 Å². The van der Waals surface area contributed by atoms with Gasteiger partial charge in [-0.05, 0) is 25.7 Å². The number of hydrogen-bond acceptors (Lipinski definition) is 2. The van der Waals surface area contributed by atoms with Gasteiger partial charge in [-0.15, -0.1) is 0 Å². The van der Waals surface area contributed by atoms with Crippen LogP contribution in [0.1, 0.15) is 58.3 Å². The van der Waals surface area contributed by atoms with E-state index in [1.54, 1.807) is 4.90 Å². The molecule has 94 valence electrons. The summed E-state index contributed by atoms with van der Waals surface area (Å²) >= 11 is 0. The molecule has 16 heavy (non-hydrogen) atoms. The zero-order valence-electron chi connectivity index (χ0n) is 10.7. The van der Waals surface area contributed by atoms with Crippen molar-refractivity contribution in [2.75, 3.05) is 13.7 Å². The van der Waals surface area contributed by atoms with E-state index in [4.69, 9.17) is 4.74 Å². The molecule has 0 bridgehead atoms. The first-order valence-electron chi connectivity index (χ1n) is 6.63. The molecule has 1 atom stereocenters. The lowest BCUT2D eigenvalue weighted by atomic mass is 10.1. The molecule has 0 spiro atoms. The minimum atomic E-state index is 0.0347. The highest BCUT2D eigenvalue weighted by molar-refractivity contribution is 5.76. The molecule has 0 aliphatic carbocycles. The number of carbonyl (C=O) groups is 1. The summed E-state index contributed by atoms with van der Waals surface area (Å²) in [5.41, 5.74) is 0. The van der Waals surface area contributed by atoms with Gasteiger partial charge in [-0.25, -0.2) is 0 Å². The fourth-order valence-electron chi connectivity index (χ4n) is 2.07. The number of rotatable bonds is 6. The van der Waals surface area contributed by atoms with Crippen LogP contribution in [0.5, 0.6) is 0 Å². The van der Waals surface area contributed by atoms with Crippen LogP contribution in [0.3, 0.4) is 0 Å². The average Bonchev–Trinajstić information content (AvgIpc) is 2.34. The Morgan fingerprint density at radius 2 is 2.12 bits per heavy atom. The van der Waals surface area contributed by atoms with E-state index >= 15 is 0 Å². The Morgan fingerprint density at radius 1 is 1.31 bits per heavy atom. The third kappa shape index (κ3) is 4.52. The highest BCUT2D eigenvalue weighted by atomic mass is 16.5. The summed E-state index contributed by atoms with van der Waals surface area (Å²) < 4.78 is 5.59. The maximum Gasteiger partial charge on any atom is 0.224 e. The van der Waals surface area contributed by atoms with Crippen LogP contribution < -0.4 is 0 Å². The quantitative estimate of drug-likeness (QED) is 0.653. The van der Waals surface area contributed by atoms with Crippen molar-refractivity contribution in [2.45, 2.75) is 64.5 Å². The van der Waals surface area contributed by atoms with Gasteiger partial charge >= 0.3 is 0 Å². The summed E-state index contributed by atoms with van der Waals surface area (Å²) in [7, 11) is 1.87. The second-order valence-corrected chi connectivity index (χ2v) is 4.64. The molecule has 1 saturated heterocycles. The molecule has 0 aromatic rings. The third-order valence-electron chi connectivity index (χ3n) is 3.23. The van der Waals surface area contributed by atoms with Crippen LogP contribution in [0.25, 0.3) is 0 Å². The molecule has 3 heteroatoms. The first-order valence-corrected chi connectivity index (χ1v) is 6.63. The highest BCUT2D eigenvalue weighted by Gasteiger charge is 2.21. The number of hydrogen-bond donors (Lipinski definition) is 0. The summed E-state index contributed by atoms with van der Waals surface area (Å²) in [6.07, 6.45) is 8.66. The van der Waals surface area contributed by atoms with Gasteiger partial charge in [0.2, 0.25) is 5.91 Å². The van der Waals surface area contributed by atoms with Crippen molar-refractivity contribution in [3.63, 3.8) is 0 Å². The SMILES string of the molecule is CCCCCCC(=O)N(C)C1CCCCO1. The van der Waals surface area contributed by atoms with Crippen LogP contribution in [-0.2, 0) is 9.53 Å². The molecule has 1 amide bonds. The summed E-state index contributed by atoms with van der Waals surface area (Å²) in [4.78, 5) is 13.6. The number of unbranched alkanes of at least 4 members (excludes halogenated alkanes) is 3. The smallest absolute Gasteiger partial charge is 0.224 e. The topological polar surface area (TPSA) is 29.5 Å². The van der Waals surface area contributed by atoms with E-state index in [1.165, 1.54) is 25.7 Å². The second kappa shape index (κ2) is 7.66. The van der Waals surface area contributed by atoms with Crippen LogP contribution in [0.4, 0.5) is 0 Å². The number of amides is 1. The van der Waals surface area contributed by atoms with Crippen LogP contribution in [0.15, 0.2) is 0 Å². The third-order valence-corrected chi connectivity index (χ3v) is 3.23. The molecule has 1 unspecified atom stereocenters. The molecule has 1 aliphatic heterocycles. The van der Waals surface area contributed by atoms with E-state index in [1.807, 2.05) is 7.05 Å². The minimum Gasteiger partial charge on any atom is -0.358 e. The van der Waals surface area contributed by atoms with Crippen molar-refractivity contribution < 1.29 is 9.53 Å². The van der Waals surface area contributed by atoms with Crippen LogP contribution in [0.2, 0.25) is 0 Å². The average molecular weight is 227 g/mol. The predicted molar refractivity (Wildman–Crippen MR) is 65.1 cm³/mol. The van der Waals surface area contributed by atoms with Crippen LogP contribution in [0, 0.1) is 0 Å². The van der Waals surface area contributed by atoms with Gasteiger partial charge in [-0.1, -0.05) is 26.2 Å². The molecule has 0 aromatic carbocycles. The first-order chi connectivity index (χ1) is 7.75. The van der Waals surface area contributed by atoms with Gasteiger partial charge in [0.15, 0.2) is 0 Å². The molecule has 1 rings (SSSR count). The zero-order chi connectivity index (χ0) is 11.8. The Morgan fingerprint density at radius 3 is 2.75 bits per heavy atom. The Balaban J connectivity index is 2.18. The van der Waals surface area contributed by atoms with Gasteiger partial charge in [0.05, 0.1) is 0 Å². The molecule has 1 aliphatic rings. The summed E-state index contributed by atoms with van der Waals surface area (Å²) in [6, 6.07) is 0. The van der Waals surface area contributed by atoms with E-state index < -0.39 is 0 Å². The van der Waals surface area contributed by atoms with Gasteiger partial charge in [0, 0.05) is 20.1 Å². The van der Waals surface area contributed by atoms with Gasteiger partial charge in [0.25, 0.3) is 0 Å². The monoisotopic (exact) mass is 227 g/mol. The lowest BCUT2D eigenvalue weighted by Crippen LogP contribution is -2.40. The normalized spacial score (nSPS) is 20.8. The maximum absolute atomic E-state index is 11.9. The Labute approximate surface area is 99.1 Å². The standard InChI is InChI=1S/C13H25NO2/c1-3-4-5-6-9-12(15)14(2)13-10-7-8-11-16-13/h13H,3-11H2,1-2H3. The molecular formula is C13H25NO2. The summed E-state index contributed by atoms with van der Waals surface area (Å²) in [6.45, 7) is 2.99. The fourth-order valence-corrected chi connectivity index (χ4v) is 2.07. The maximum atomic E-state index is 11.9. The van der Waals surface area contributed by atoms with Gasteiger partial charge in [-0.3, -0.25) is 4.79 Å². The van der Waals surface area contributed by atoms with Gasteiger partial charge in [0.1, 0.15) is 6.23 Å². The number of carbonyl (C=O) groups excluding carboxylic acids is 1. The Bertz CT molecular complexity index is 200. The zero-order valence-corrected chi connectivity index (χ0v) is 10.7. The molecule has 1 fully saturated rings. The van der Waals surface area contributed by atoms with E-state index in [9.17, 15) is 4.79 Å². The molecule has 0 radical (unpaired) electrons. The number of nitrogens with zero attached hydrogens (tertiary/aromatic N) is 1. The fraction of sp³-hybridized carbons (Fsp3) is 0.923. The lowest BCUT2D eigenvalue weighted by molar-refractivity contribution is -0.147. The Hall–Kier alpha value is -0.570. The van der Waals surface area contributed by atoms with E-state index in [0.29, 0.717) is 6.42 Å². The second-order valence-electron chi connectivity index (χ2n) is 4.64. The molecule has 1 heterocycles. The Kier molecular flexibility index (Phi) is 6.46. The molecule has 0 saturated carbocycles. The lowest BCUT2D eigenvalue weighted by Gasteiger charge is -2.31. The summed E-state index contributed by atoms with van der Waals surface area (Å²) in [5, 5.41) is 0. The molecule has 0 aromatic heterocycles. The van der Waals surface area contributed by atoms with Gasteiger partial charge in [-0.2, -0.15) is 0 Å². The van der Waals surface area contributed by atoms with Crippen molar-refractivity contribution in [1.29, 1.82) is 0 Å².